The first-order chi connectivity index (χ1) is 7.85. The molecule has 0 N–H and O–H groups in total. The monoisotopic (exact) mass is 240 g/mol. The smallest absolute Gasteiger partial charge is 0.411 e. The minimum absolute atomic E-state index is 0.299. The van der Waals surface area contributed by atoms with Gasteiger partial charge in [-0.05, 0) is 20.8 Å². The molecule has 0 aromatic carbocycles. The van der Waals surface area contributed by atoms with Crippen LogP contribution in [0.5, 0.6) is 0 Å². The van der Waals surface area contributed by atoms with E-state index in [9.17, 15) is 9.59 Å². The van der Waals surface area contributed by atoms with Crippen LogP contribution in [0.3, 0.4) is 0 Å². The van der Waals surface area contributed by atoms with Gasteiger partial charge in [0.2, 0.25) is 0 Å². The molecule has 0 aliphatic rings. The fraction of sp³-hybridized carbons (Fsp3) is 0.545. The van der Waals surface area contributed by atoms with Crippen LogP contribution >= 0.6 is 0 Å². The number of aldehydes is 1. The lowest BCUT2D eigenvalue weighted by Crippen LogP contribution is -2.37. The van der Waals surface area contributed by atoms with E-state index in [0.29, 0.717) is 12.0 Å². The summed E-state index contributed by atoms with van der Waals surface area (Å²) in [5.41, 5.74) is -0.611. The van der Waals surface area contributed by atoms with Crippen molar-refractivity contribution in [3.63, 3.8) is 0 Å². The fourth-order valence-electron chi connectivity index (χ4n) is 1.17. The van der Waals surface area contributed by atoms with Crippen LogP contribution in [0.1, 0.15) is 32.6 Å². The molecule has 0 aliphatic carbocycles. The third kappa shape index (κ3) is 3.58. The number of nitrogens with zero attached hydrogens (tertiary/aromatic N) is 2. The van der Waals surface area contributed by atoms with Gasteiger partial charge in [-0.15, -0.1) is 0 Å². The number of carbonyl (C=O) groups excluding carboxylic acids is 2. The maximum atomic E-state index is 11.7. The van der Waals surface area contributed by atoms with Gasteiger partial charge in [0.25, 0.3) is 0 Å². The quantitative estimate of drug-likeness (QED) is 0.753. The second kappa shape index (κ2) is 4.99. The molecule has 0 bridgehead atoms. The molecule has 0 saturated heterocycles. The van der Waals surface area contributed by atoms with Crippen LogP contribution in [0.15, 0.2) is 17.0 Å². The topological polar surface area (TPSA) is 72.6 Å². The lowest BCUT2D eigenvalue weighted by molar-refractivity contribution is -0.112. The lowest BCUT2D eigenvalue weighted by Gasteiger charge is -2.26. The summed E-state index contributed by atoms with van der Waals surface area (Å²) in [5, 5.41) is 0. The lowest BCUT2D eigenvalue weighted by atomic mass is 10.2. The van der Waals surface area contributed by atoms with Gasteiger partial charge in [-0.2, -0.15) is 0 Å². The zero-order valence-electron chi connectivity index (χ0n) is 10.3. The van der Waals surface area contributed by atoms with Gasteiger partial charge in [0.15, 0.2) is 18.4 Å². The predicted octanol–water partition coefficient (Wildman–Crippen LogP) is 1.78. The van der Waals surface area contributed by atoms with Crippen molar-refractivity contribution in [1.82, 2.24) is 9.88 Å². The second-order valence-electron chi connectivity index (χ2n) is 4.58. The van der Waals surface area contributed by atoms with Crippen molar-refractivity contribution >= 4 is 12.4 Å². The van der Waals surface area contributed by atoms with E-state index in [1.54, 1.807) is 20.8 Å². The standard InChI is InChI=1S/C11H16N2O4/c1-11(2,3)17-10(15)13(4)8(6-14)9-5-12-7-16-9/h5-8H,1-4H3. The third-order valence-corrected chi connectivity index (χ3v) is 1.97. The van der Waals surface area contributed by atoms with Gasteiger partial charge in [0.1, 0.15) is 11.6 Å². The number of oxazole rings is 1. The van der Waals surface area contributed by atoms with Crippen molar-refractivity contribution in [2.24, 2.45) is 0 Å². The largest absolute Gasteiger partial charge is 0.446 e. The van der Waals surface area contributed by atoms with E-state index in [-0.39, 0.29) is 0 Å². The maximum absolute atomic E-state index is 11.7. The second-order valence-corrected chi connectivity index (χ2v) is 4.58. The highest BCUT2D eigenvalue weighted by Crippen LogP contribution is 2.19. The molecule has 17 heavy (non-hydrogen) atoms. The molecule has 1 rings (SSSR count). The summed E-state index contributed by atoms with van der Waals surface area (Å²) in [5.74, 6) is 0.299. The Bertz CT molecular complexity index is 381. The van der Waals surface area contributed by atoms with Gasteiger partial charge < -0.3 is 13.9 Å². The van der Waals surface area contributed by atoms with Crippen LogP contribution in [0.25, 0.3) is 0 Å². The zero-order chi connectivity index (χ0) is 13.1. The molecule has 0 aliphatic heterocycles. The Labute approximate surface area is 99.6 Å². The highest BCUT2D eigenvalue weighted by Gasteiger charge is 2.27. The average molecular weight is 240 g/mol. The Morgan fingerprint density at radius 3 is 2.65 bits per heavy atom. The SMILES string of the molecule is CN(C(=O)OC(C)(C)C)C(C=O)c1cnco1. The van der Waals surface area contributed by atoms with Crippen LogP contribution in [-0.4, -0.2) is 34.9 Å². The summed E-state index contributed by atoms with van der Waals surface area (Å²) < 4.78 is 10.1. The molecule has 0 radical (unpaired) electrons. The molecule has 1 unspecified atom stereocenters. The van der Waals surface area contributed by atoms with Gasteiger partial charge in [-0.25, -0.2) is 9.78 Å². The molecule has 6 heteroatoms. The highest BCUT2D eigenvalue weighted by atomic mass is 16.6. The van der Waals surface area contributed by atoms with Gasteiger partial charge >= 0.3 is 6.09 Å². The Kier molecular flexibility index (Phi) is 3.88. The zero-order valence-corrected chi connectivity index (χ0v) is 10.3. The molecule has 0 spiro atoms. The van der Waals surface area contributed by atoms with Crippen molar-refractivity contribution in [2.75, 3.05) is 7.05 Å². The van der Waals surface area contributed by atoms with E-state index in [0.717, 1.165) is 0 Å². The van der Waals surface area contributed by atoms with E-state index >= 15 is 0 Å². The van der Waals surface area contributed by atoms with E-state index < -0.39 is 17.7 Å². The van der Waals surface area contributed by atoms with E-state index in [2.05, 4.69) is 4.98 Å². The molecule has 0 fully saturated rings. The number of rotatable bonds is 3. The van der Waals surface area contributed by atoms with E-state index in [1.165, 1.54) is 24.5 Å². The van der Waals surface area contributed by atoms with Crippen LogP contribution in [-0.2, 0) is 9.53 Å². The third-order valence-electron chi connectivity index (χ3n) is 1.97. The normalized spacial score (nSPS) is 12.9. The molecule has 1 amide bonds. The number of hydrogen-bond donors (Lipinski definition) is 0. The highest BCUT2D eigenvalue weighted by molar-refractivity contribution is 5.74. The molecule has 1 heterocycles. The molecule has 1 aromatic heterocycles. The summed E-state index contributed by atoms with van der Waals surface area (Å²) in [6.45, 7) is 5.26. The Balaban J connectivity index is 2.77. The number of aromatic nitrogens is 1. The van der Waals surface area contributed by atoms with Crippen molar-refractivity contribution in [3.05, 3.63) is 18.4 Å². The predicted molar refractivity (Wildman–Crippen MR) is 59.3 cm³/mol. The van der Waals surface area contributed by atoms with Gasteiger partial charge in [0, 0.05) is 7.05 Å². The van der Waals surface area contributed by atoms with Gasteiger partial charge in [0.05, 0.1) is 6.20 Å². The number of hydrogen-bond acceptors (Lipinski definition) is 5. The van der Waals surface area contributed by atoms with Crippen molar-refractivity contribution in [3.8, 4) is 0 Å². The molecule has 0 saturated carbocycles. The molecular weight excluding hydrogens is 224 g/mol. The average Bonchev–Trinajstić information content (AvgIpc) is 2.69. The maximum Gasteiger partial charge on any atom is 0.411 e. The van der Waals surface area contributed by atoms with E-state index in [4.69, 9.17) is 9.15 Å². The summed E-state index contributed by atoms with van der Waals surface area (Å²) in [7, 11) is 1.47. The number of carbonyl (C=O) groups is 2. The first kappa shape index (κ1) is 13.2. The van der Waals surface area contributed by atoms with Crippen LogP contribution < -0.4 is 0 Å². The molecule has 1 atom stereocenters. The first-order valence-electron chi connectivity index (χ1n) is 5.14. The Morgan fingerprint density at radius 2 is 2.24 bits per heavy atom. The Morgan fingerprint density at radius 1 is 1.59 bits per heavy atom. The van der Waals surface area contributed by atoms with Crippen LogP contribution in [0.2, 0.25) is 0 Å². The fourth-order valence-corrected chi connectivity index (χ4v) is 1.17. The van der Waals surface area contributed by atoms with Crippen LogP contribution in [0.4, 0.5) is 4.79 Å². The minimum Gasteiger partial charge on any atom is -0.446 e. The number of ether oxygens (including phenoxy) is 1. The van der Waals surface area contributed by atoms with Gasteiger partial charge in [-0.3, -0.25) is 4.90 Å². The summed E-state index contributed by atoms with van der Waals surface area (Å²) in [4.78, 5) is 27.6. The number of amides is 1. The summed E-state index contributed by atoms with van der Waals surface area (Å²) in [6, 6.07) is -0.827. The molecular formula is C11H16N2O4. The van der Waals surface area contributed by atoms with Crippen LogP contribution in [0, 0.1) is 0 Å². The van der Waals surface area contributed by atoms with Crippen molar-refractivity contribution in [2.45, 2.75) is 32.4 Å². The van der Waals surface area contributed by atoms with E-state index in [1.807, 2.05) is 0 Å². The summed E-state index contributed by atoms with van der Waals surface area (Å²) >= 11 is 0. The number of likely N-dealkylation sites (N-methyl/N-ethyl adjacent to an activating group) is 1. The van der Waals surface area contributed by atoms with Gasteiger partial charge in [-0.1, -0.05) is 0 Å². The van der Waals surface area contributed by atoms with Crippen molar-refractivity contribution in [1.29, 1.82) is 0 Å². The Hall–Kier alpha value is -1.85. The minimum atomic E-state index is -0.827. The molecule has 6 nitrogen and oxygen atoms in total. The molecule has 1 aromatic rings. The summed E-state index contributed by atoms with van der Waals surface area (Å²) in [6.07, 6.45) is 2.60. The molecule has 94 valence electrons. The van der Waals surface area contributed by atoms with Crippen molar-refractivity contribution < 1.29 is 18.7 Å². The first-order valence-corrected chi connectivity index (χ1v) is 5.14.